The molecule has 1 amide bonds. The molecule has 0 bridgehead atoms. The van der Waals surface area contributed by atoms with E-state index in [1.165, 1.54) is 5.56 Å². The first kappa shape index (κ1) is 13.4. The summed E-state index contributed by atoms with van der Waals surface area (Å²) in [5.74, 6) is 1.88. The smallest absolute Gasteiger partial charge is 0.238 e. The van der Waals surface area contributed by atoms with Crippen LogP contribution in [-0.4, -0.2) is 23.6 Å². The molecule has 3 nitrogen and oxygen atoms in total. The molecule has 1 aromatic carbocycles. The predicted molar refractivity (Wildman–Crippen MR) is 76.5 cm³/mol. The van der Waals surface area contributed by atoms with Crippen molar-refractivity contribution in [3.63, 3.8) is 0 Å². The van der Waals surface area contributed by atoms with Gasteiger partial charge in [-0.3, -0.25) is 10.1 Å². The maximum atomic E-state index is 12.1. The SMILES string of the molecule is CCCC(NC(=O)C1CSCN1)c1ccccc1. The van der Waals surface area contributed by atoms with Crippen LogP contribution in [0.5, 0.6) is 0 Å². The Balaban J connectivity index is 1.99. The third kappa shape index (κ3) is 3.50. The lowest BCUT2D eigenvalue weighted by molar-refractivity contribution is -0.123. The number of amides is 1. The number of hydrogen-bond donors (Lipinski definition) is 2. The number of carbonyl (C=O) groups is 1. The third-order valence-electron chi connectivity index (χ3n) is 3.13. The number of hydrogen-bond acceptors (Lipinski definition) is 3. The molecule has 18 heavy (non-hydrogen) atoms. The van der Waals surface area contributed by atoms with Crippen molar-refractivity contribution >= 4 is 17.7 Å². The van der Waals surface area contributed by atoms with E-state index in [2.05, 4.69) is 29.7 Å². The molecule has 1 fully saturated rings. The molecule has 2 rings (SSSR count). The minimum Gasteiger partial charge on any atom is -0.348 e. The molecule has 2 unspecified atom stereocenters. The zero-order valence-corrected chi connectivity index (χ0v) is 11.5. The third-order valence-corrected chi connectivity index (χ3v) is 4.07. The minimum absolute atomic E-state index is 0.0296. The molecule has 1 saturated heterocycles. The van der Waals surface area contributed by atoms with Gasteiger partial charge in [0.05, 0.1) is 12.1 Å². The normalized spacial score (nSPS) is 20.6. The average molecular weight is 264 g/mol. The molecule has 0 radical (unpaired) electrons. The topological polar surface area (TPSA) is 41.1 Å². The van der Waals surface area contributed by atoms with Crippen molar-refractivity contribution in [3.8, 4) is 0 Å². The number of thioether (sulfide) groups is 1. The Kier molecular flexibility index (Phi) is 5.08. The largest absolute Gasteiger partial charge is 0.348 e. The standard InChI is InChI=1S/C14H20N2OS/c1-2-6-12(11-7-4-3-5-8-11)16-14(17)13-9-18-10-15-13/h3-5,7-8,12-13,15H,2,6,9-10H2,1H3,(H,16,17). The van der Waals surface area contributed by atoms with Crippen LogP contribution in [0, 0.1) is 0 Å². The van der Waals surface area contributed by atoms with Crippen molar-refractivity contribution in [1.82, 2.24) is 10.6 Å². The highest BCUT2D eigenvalue weighted by atomic mass is 32.2. The quantitative estimate of drug-likeness (QED) is 0.857. The summed E-state index contributed by atoms with van der Waals surface area (Å²) < 4.78 is 0. The molecule has 0 aliphatic carbocycles. The Morgan fingerprint density at radius 2 is 2.28 bits per heavy atom. The van der Waals surface area contributed by atoms with E-state index in [-0.39, 0.29) is 18.0 Å². The van der Waals surface area contributed by atoms with E-state index in [0.29, 0.717) is 0 Å². The maximum Gasteiger partial charge on any atom is 0.238 e. The van der Waals surface area contributed by atoms with Gasteiger partial charge < -0.3 is 5.32 Å². The highest BCUT2D eigenvalue weighted by Gasteiger charge is 2.24. The van der Waals surface area contributed by atoms with Crippen LogP contribution in [0.2, 0.25) is 0 Å². The van der Waals surface area contributed by atoms with Crippen LogP contribution in [-0.2, 0) is 4.79 Å². The van der Waals surface area contributed by atoms with Gasteiger partial charge >= 0.3 is 0 Å². The zero-order chi connectivity index (χ0) is 12.8. The Morgan fingerprint density at radius 1 is 1.50 bits per heavy atom. The van der Waals surface area contributed by atoms with Gasteiger partial charge in [0.2, 0.25) is 5.91 Å². The summed E-state index contributed by atoms with van der Waals surface area (Å²) in [6, 6.07) is 10.3. The summed E-state index contributed by atoms with van der Waals surface area (Å²) in [4.78, 5) is 12.1. The van der Waals surface area contributed by atoms with Gasteiger partial charge in [0.1, 0.15) is 0 Å². The van der Waals surface area contributed by atoms with Gasteiger partial charge in [0.15, 0.2) is 0 Å². The molecule has 2 N–H and O–H groups in total. The highest BCUT2D eigenvalue weighted by molar-refractivity contribution is 7.99. The second kappa shape index (κ2) is 6.81. The molecular formula is C14H20N2OS. The molecule has 1 aliphatic rings. The summed E-state index contributed by atoms with van der Waals surface area (Å²) in [6.45, 7) is 2.14. The van der Waals surface area contributed by atoms with Crippen LogP contribution in [0.25, 0.3) is 0 Å². The molecule has 2 atom stereocenters. The van der Waals surface area contributed by atoms with Crippen molar-refractivity contribution < 1.29 is 4.79 Å². The van der Waals surface area contributed by atoms with Crippen LogP contribution in [0.3, 0.4) is 0 Å². The first-order valence-electron chi connectivity index (χ1n) is 6.47. The Morgan fingerprint density at radius 3 is 2.89 bits per heavy atom. The monoisotopic (exact) mass is 264 g/mol. The molecule has 0 aromatic heterocycles. The first-order valence-corrected chi connectivity index (χ1v) is 7.63. The van der Waals surface area contributed by atoms with Gasteiger partial charge in [0, 0.05) is 11.6 Å². The fourth-order valence-corrected chi connectivity index (χ4v) is 3.07. The number of carbonyl (C=O) groups excluding carboxylic acids is 1. The number of rotatable bonds is 5. The van der Waals surface area contributed by atoms with Crippen LogP contribution in [0.15, 0.2) is 30.3 Å². The number of nitrogens with one attached hydrogen (secondary N) is 2. The molecule has 0 saturated carbocycles. The van der Waals surface area contributed by atoms with E-state index < -0.39 is 0 Å². The average Bonchev–Trinajstić information content (AvgIpc) is 2.93. The highest BCUT2D eigenvalue weighted by Crippen LogP contribution is 2.19. The van der Waals surface area contributed by atoms with E-state index in [0.717, 1.165) is 24.5 Å². The van der Waals surface area contributed by atoms with Crippen LogP contribution < -0.4 is 10.6 Å². The van der Waals surface area contributed by atoms with Gasteiger partial charge in [-0.15, -0.1) is 11.8 Å². The molecule has 1 aromatic rings. The molecule has 1 aliphatic heterocycles. The van der Waals surface area contributed by atoms with Crippen molar-refractivity contribution in [2.45, 2.75) is 31.8 Å². The lowest BCUT2D eigenvalue weighted by Gasteiger charge is -2.20. The van der Waals surface area contributed by atoms with Crippen LogP contribution >= 0.6 is 11.8 Å². The molecule has 4 heteroatoms. The fourth-order valence-electron chi connectivity index (χ4n) is 2.13. The van der Waals surface area contributed by atoms with Crippen LogP contribution in [0.4, 0.5) is 0 Å². The van der Waals surface area contributed by atoms with E-state index in [4.69, 9.17) is 0 Å². The fraction of sp³-hybridized carbons (Fsp3) is 0.500. The summed E-state index contributed by atoms with van der Waals surface area (Å²) in [7, 11) is 0. The van der Waals surface area contributed by atoms with Gasteiger partial charge in [-0.1, -0.05) is 43.7 Å². The summed E-state index contributed by atoms with van der Waals surface area (Å²) in [5.41, 5.74) is 1.19. The van der Waals surface area contributed by atoms with Gasteiger partial charge in [-0.05, 0) is 12.0 Å². The van der Waals surface area contributed by atoms with Crippen molar-refractivity contribution in [2.24, 2.45) is 0 Å². The van der Waals surface area contributed by atoms with Crippen molar-refractivity contribution in [1.29, 1.82) is 0 Å². The second-order valence-electron chi connectivity index (χ2n) is 4.53. The predicted octanol–water partition coefficient (Wildman–Crippen LogP) is 2.31. The van der Waals surface area contributed by atoms with E-state index in [1.807, 2.05) is 18.2 Å². The Labute approximate surface area is 113 Å². The second-order valence-corrected chi connectivity index (χ2v) is 5.56. The summed E-state index contributed by atoms with van der Waals surface area (Å²) in [5, 5.41) is 6.37. The molecule has 98 valence electrons. The van der Waals surface area contributed by atoms with Crippen LogP contribution in [0.1, 0.15) is 31.4 Å². The Bertz CT molecular complexity index is 377. The van der Waals surface area contributed by atoms with E-state index in [1.54, 1.807) is 11.8 Å². The first-order chi connectivity index (χ1) is 8.81. The number of benzene rings is 1. The maximum absolute atomic E-state index is 12.1. The molecular weight excluding hydrogens is 244 g/mol. The van der Waals surface area contributed by atoms with Crippen molar-refractivity contribution in [2.75, 3.05) is 11.6 Å². The van der Waals surface area contributed by atoms with E-state index in [9.17, 15) is 4.79 Å². The Hall–Kier alpha value is -1.00. The molecule has 1 heterocycles. The zero-order valence-electron chi connectivity index (χ0n) is 10.7. The lowest BCUT2D eigenvalue weighted by Crippen LogP contribution is -2.43. The summed E-state index contributed by atoms with van der Waals surface area (Å²) >= 11 is 1.77. The molecule has 0 spiro atoms. The van der Waals surface area contributed by atoms with Gasteiger partial charge in [0.25, 0.3) is 0 Å². The minimum atomic E-state index is -0.0296. The van der Waals surface area contributed by atoms with Gasteiger partial charge in [-0.2, -0.15) is 0 Å². The lowest BCUT2D eigenvalue weighted by atomic mass is 10.0. The van der Waals surface area contributed by atoms with Gasteiger partial charge in [-0.25, -0.2) is 0 Å². The summed E-state index contributed by atoms with van der Waals surface area (Å²) in [6.07, 6.45) is 2.04. The van der Waals surface area contributed by atoms with E-state index >= 15 is 0 Å². The van der Waals surface area contributed by atoms with Crippen molar-refractivity contribution in [3.05, 3.63) is 35.9 Å².